The van der Waals surface area contributed by atoms with Crippen LogP contribution in [0.1, 0.15) is 48.0 Å². The van der Waals surface area contributed by atoms with Gasteiger partial charge in [-0.2, -0.15) is 0 Å². The quantitative estimate of drug-likeness (QED) is 0.863. The van der Waals surface area contributed by atoms with Crippen molar-refractivity contribution < 1.29 is 14.7 Å². The zero-order valence-corrected chi connectivity index (χ0v) is 14.4. The normalized spacial score (nSPS) is 21.6. The number of nitrogens with zero attached hydrogens (tertiary/aromatic N) is 3. The van der Waals surface area contributed by atoms with Crippen molar-refractivity contribution in [1.82, 2.24) is 9.97 Å². The first-order valence-electron chi connectivity index (χ1n) is 8.25. The highest BCUT2D eigenvalue weighted by molar-refractivity contribution is 6.09. The van der Waals surface area contributed by atoms with Gasteiger partial charge in [0.25, 0.3) is 0 Å². The molecular formula is C19H19N3O3. The minimum absolute atomic E-state index is 0.0172. The van der Waals surface area contributed by atoms with E-state index in [1.807, 2.05) is 32.9 Å². The molecule has 0 radical (unpaired) electrons. The van der Waals surface area contributed by atoms with Gasteiger partial charge in [0.1, 0.15) is 5.82 Å². The molecule has 1 N–H and O–H groups in total. The second-order valence-electron chi connectivity index (χ2n) is 7.76. The minimum atomic E-state index is -1.01. The second kappa shape index (κ2) is 4.88. The van der Waals surface area contributed by atoms with Crippen molar-refractivity contribution >= 4 is 17.7 Å². The van der Waals surface area contributed by atoms with Crippen molar-refractivity contribution in [3.63, 3.8) is 0 Å². The van der Waals surface area contributed by atoms with Crippen LogP contribution in [0.3, 0.4) is 0 Å². The van der Waals surface area contributed by atoms with Crippen LogP contribution in [0.2, 0.25) is 0 Å². The van der Waals surface area contributed by atoms with Gasteiger partial charge in [-0.1, -0.05) is 6.07 Å². The second-order valence-corrected chi connectivity index (χ2v) is 7.76. The summed E-state index contributed by atoms with van der Waals surface area (Å²) in [6, 6.07) is 5.44. The highest BCUT2D eigenvalue weighted by atomic mass is 16.4. The third kappa shape index (κ3) is 2.10. The van der Waals surface area contributed by atoms with Crippen molar-refractivity contribution in [1.29, 1.82) is 0 Å². The fourth-order valence-corrected chi connectivity index (χ4v) is 3.98. The summed E-state index contributed by atoms with van der Waals surface area (Å²) in [6.07, 6.45) is 4.00. The Morgan fingerprint density at radius 2 is 2.04 bits per heavy atom. The van der Waals surface area contributed by atoms with Crippen LogP contribution in [0.25, 0.3) is 0 Å². The number of rotatable bonds is 1. The van der Waals surface area contributed by atoms with E-state index in [1.165, 1.54) is 6.20 Å². The molecule has 2 aliphatic rings. The molecule has 3 heterocycles. The number of carboxylic acids is 1. The van der Waals surface area contributed by atoms with E-state index in [0.29, 0.717) is 18.7 Å². The Morgan fingerprint density at radius 1 is 1.28 bits per heavy atom. The number of carbonyl (C=O) groups excluding carboxylic acids is 1. The van der Waals surface area contributed by atoms with Gasteiger partial charge in [-0.15, -0.1) is 0 Å². The topological polar surface area (TPSA) is 83.4 Å². The predicted molar refractivity (Wildman–Crippen MR) is 91.8 cm³/mol. The van der Waals surface area contributed by atoms with Crippen molar-refractivity contribution in [3.05, 3.63) is 53.0 Å². The fraction of sp³-hybridized carbons (Fsp3) is 0.368. The number of carbonyl (C=O) groups is 2. The number of fused-ring (bicyclic) bond motifs is 3. The Kier molecular flexibility index (Phi) is 3.07. The van der Waals surface area contributed by atoms with E-state index in [1.54, 1.807) is 17.2 Å². The Labute approximate surface area is 145 Å². The first-order chi connectivity index (χ1) is 11.7. The van der Waals surface area contributed by atoms with Gasteiger partial charge in [-0.3, -0.25) is 14.7 Å². The number of carboxylic acid groups (broad SMARTS) is 1. The molecule has 1 aliphatic carbocycles. The Bertz CT molecular complexity index is 916. The molecule has 0 fully saturated rings. The lowest BCUT2D eigenvalue weighted by molar-refractivity contribution is -0.123. The van der Waals surface area contributed by atoms with Crippen LogP contribution in [0.5, 0.6) is 0 Å². The van der Waals surface area contributed by atoms with Crippen LogP contribution >= 0.6 is 0 Å². The summed E-state index contributed by atoms with van der Waals surface area (Å²) in [6.45, 7) is 5.97. The van der Waals surface area contributed by atoms with E-state index in [2.05, 4.69) is 9.97 Å². The number of hydrogen-bond acceptors (Lipinski definition) is 4. The third-order valence-electron chi connectivity index (χ3n) is 5.07. The lowest BCUT2D eigenvalue weighted by Gasteiger charge is -2.33. The SMILES string of the molecule is CC(C)(C)N1C(=O)[C@]2(Cc3cc(C(=O)O)cnc3C2)c2cccnc21. The fourth-order valence-electron chi connectivity index (χ4n) is 3.98. The molecule has 6 nitrogen and oxygen atoms in total. The molecule has 1 spiro atoms. The van der Waals surface area contributed by atoms with Gasteiger partial charge < -0.3 is 5.11 Å². The molecule has 0 saturated heterocycles. The van der Waals surface area contributed by atoms with Gasteiger partial charge in [0.05, 0.1) is 11.0 Å². The molecule has 2 aromatic heterocycles. The standard InChI is InChI=1S/C19H19N3O3/c1-18(2,3)22-15-13(5-4-6-20-15)19(17(22)25)8-11-7-12(16(23)24)10-21-14(11)9-19/h4-7,10H,8-9H2,1-3H3,(H,23,24)/t19-/m0/s1. The largest absolute Gasteiger partial charge is 0.478 e. The Balaban J connectivity index is 1.86. The summed E-state index contributed by atoms with van der Waals surface area (Å²) >= 11 is 0. The van der Waals surface area contributed by atoms with Gasteiger partial charge in [-0.05, 0) is 44.9 Å². The third-order valence-corrected chi connectivity index (χ3v) is 5.07. The monoisotopic (exact) mass is 337 g/mol. The van der Waals surface area contributed by atoms with E-state index in [0.717, 1.165) is 16.8 Å². The number of pyridine rings is 2. The summed E-state index contributed by atoms with van der Waals surface area (Å²) in [5.41, 5.74) is 1.56. The van der Waals surface area contributed by atoms with Gasteiger partial charge in [0.15, 0.2) is 0 Å². The van der Waals surface area contributed by atoms with E-state index < -0.39 is 16.9 Å². The average Bonchev–Trinajstić information content (AvgIpc) is 3.03. The highest BCUT2D eigenvalue weighted by Gasteiger charge is 2.57. The molecule has 1 atom stereocenters. The maximum atomic E-state index is 13.5. The molecule has 128 valence electrons. The summed E-state index contributed by atoms with van der Waals surface area (Å²) in [5.74, 6) is -0.290. The zero-order valence-electron chi connectivity index (χ0n) is 14.4. The number of aromatic carboxylic acids is 1. The summed E-state index contributed by atoms with van der Waals surface area (Å²) in [5, 5.41) is 9.21. The molecule has 4 rings (SSSR count). The first-order valence-corrected chi connectivity index (χ1v) is 8.25. The van der Waals surface area contributed by atoms with Crippen LogP contribution in [-0.2, 0) is 23.1 Å². The Hall–Kier alpha value is -2.76. The van der Waals surface area contributed by atoms with Crippen LogP contribution < -0.4 is 4.90 Å². The van der Waals surface area contributed by atoms with Crippen molar-refractivity contribution in [2.45, 2.75) is 44.6 Å². The van der Waals surface area contributed by atoms with Crippen LogP contribution in [0, 0.1) is 0 Å². The Morgan fingerprint density at radius 3 is 2.72 bits per heavy atom. The highest BCUT2D eigenvalue weighted by Crippen LogP contribution is 2.50. The molecule has 6 heteroatoms. The molecule has 0 unspecified atom stereocenters. The predicted octanol–water partition coefficient (Wildman–Crippen LogP) is 2.36. The van der Waals surface area contributed by atoms with E-state index in [-0.39, 0.29) is 11.5 Å². The van der Waals surface area contributed by atoms with Crippen molar-refractivity contribution in [2.24, 2.45) is 0 Å². The molecular weight excluding hydrogens is 318 g/mol. The lowest BCUT2D eigenvalue weighted by Crippen LogP contribution is -2.49. The maximum Gasteiger partial charge on any atom is 0.337 e. The molecule has 1 amide bonds. The van der Waals surface area contributed by atoms with Crippen LogP contribution in [0.15, 0.2) is 30.6 Å². The van der Waals surface area contributed by atoms with Gasteiger partial charge in [-0.25, -0.2) is 9.78 Å². The molecule has 0 aromatic carbocycles. The number of aromatic nitrogens is 2. The molecule has 25 heavy (non-hydrogen) atoms. The van der Waals surface area contributed by atoms with E-state index in [4.69, 9.17) is 0 Å². The van der Waals surface area contributed by atoms with Crippen LogP contribution in [-0.4, -0.2) is 32.5 Å². The van der Waals surface area contributed by atoms with E-state index in [9.17, 15) is 14.7 Å². The smallest absolute Gasteiger partial charge is 0.337 e. The molecule has 0 saturated carbocycles. The van der Waals surface area contributed by atoms with Gasteiger partial charge in [0.2, 0.25) is 5.91 Å². The number of hydrogen-bond donors (Lipinski definition) is 1. The maximum absolute atomic E-state index is 13.5. The number of anilines is 1. The zero-order chi connectivity index (χ0) is 18.0. The molecule has 0 bridgehead atoms. The van der Waals surface area contributed by atoms with Gasteiger partial charge >= 0.3 is 5.97 Å². The van der Waals surface area contributed by atoms with Crippen molar-refractivity contribution in [3.8, 4) is 0 Å². The minimum Gasteiger partial charge on any atom is -0.478 e. The van der Waals surface area contributed by atoms with E-state index >= 15 is 0 Å². The number of amides is 1. The average molecular weight is 337 g/mol. The molecule has 2 aromatic rings. The lowest BCUT2D eigenvalue weighted by atomic mass is 9.79. The van der Waals surface area contributed by atoms with Crippen LogP contribution in [0.4, 0.5) is 5.82 Å². The molecule has 1 aliphatic heterocycles. The van der Waals surface area contributed by atoms with Crippen molar-refractivity contribution in [2.75, 3.05) is 4.90 Å². The first kappa shape index (κ1) is 15.7. The summed E-state index contributed by atoms with van der Waals surface area (Å²) < 4.78 is 0. The summed E-state index contributed by atoms with van der Waals surface area (Å²) in [7, 11) is 0. The van der Waals surface area contributed by atoms with Gasteiger partial charge in [0, 0.05) is 35.6 Å². The summed E-state index contributed by atoms with van der Waals surface area (Å²) in [4.78, 5) is 35.3.